The van der Waals surface area contributed by atoms with Crippen molar-refractivity contribution >= 4 is 0 Å². The molecule has 2 nitrogen and oxygen atoms in total. The van der Waals surface area contributed by atoms with E-state index in [1.807, 2.05) is 0 Å². The lowest BCUT2D eigenvalue weighted by Gasteiger charge is -2.37. The Labute approximate surface area is 124 Å². The van der Waals surface area contributed by atoms with E-state index in [1.54, 1.807) is 0 Å². The van der Waals surface area contributed by atoms with Crippen LogP contribution in [0.25, 0.3) is 0 Å². The topological polar surface area (TPSA) is 15.3 Å². The van der Waals surface area contributed by atoms with Crippen LogP contribution in [-0.2, 0) is 0 Å². The first-order valence-corrected chi connectivity index (χ1v) is 8.12. The third-order valence-electron chi connectivity index (χ3n) is 4.81. The molecule has 0 spiro atoms. The molecule has 0 amide bonds. The Bertz CT molecular complexity index is 394. The van der Waals surface area contributed by atoms with Crippen molar-refractivity contribution in [2.45, 2.75) is 52.1 Å². The average molecular weight is 274 g/mol. The molecule has 1 fully saturated rings. The number of likely N-dealkylation sites (N-methyl/N-ethyl adjacent to an activating group) is 2. The Hall–Kier alpha value is -0.860. The van der Waals surface area contributed by atoms with E-state index in [0.29, 0.717) is 12.1 Å². The van der Waals surface area contributed by atoms with Crippen molar-refractivity contribution in [2.75, 3.05) is 20.1 Å². The number of aryl methyl sites for hydroxylation is 1. The number of hydrogen-bond donors (Lipinski definition) is 1. The van der Waals surface area contributed by atoms with E-state index in [0.717, 1.165) is 12.5 Å². The van der Waals surface area contributed by atoms with Gasteiger partial charge in [-0.15, -0.1) is 0 Å². The molecular weight excluding hydrogens is 244 g/mol. The third-order valence-corrected chi connectivity index (χ3v) is 4.81. The van der Waals surface area contributed by atoms with Gasteiger partial charge < -0.3 is 10.2 Å². The molecule has 1 aliphatic rings. The molecule has 2 heteroatoms. The van der Waals surface area contributed by atoms with Gasteiger partial charge in [-0.25, -0.2) is 0 Å². The first-order valence-electron chi connectivity index (χ1n) is 8.12. The van der Waals surface area contributed by atoms with Gasteiger partial charge in [0.1, 0.15) is 0 Å². The Kier molecular flexibility index (Phi) is 5.62. The van der Waals surface area contributed by atoms with Crippen LogP contribution in [0.4, 0.5) is 0 Å². The fourth-order valence-corrected chi connectivity index (χ4v) is 3.06. The summed E-state index contributed by atoms with van der Waals surface area (Å²) in [5.74, 6) is 0.933. The van der Waals surface area contributed by atoms with Crippen molar-refractivity contribution in [3.63, 3.8) is 0 Å². The highest BCUT2D eigenvalue weighted by atomic mass is 15.2. The van der Waals surface area contributed by atoms with Crippen LogP contribution in [0.1, 0.15) is 50.3 Å². The lowest BCUT2D eigenvalue weighted by atomic mass is 9.84. The fraction of sp³-hybridized carbons (Fsp3) is 0.667. The summed E-state index contributed by atoms with van der Waals surface area (Å²) in [7, 11) is 2.28. The maximum atomic E-state index is 3.67. The van der Waals surface area contributed by atoms with Gasteiger partial charge in [0, 0.05) is 18.6 Å². The quantitative estimate of drug-likeness (QED) is 0.814. The maximum absolute atomic E-state index is 3.67. The van der Waals surface area contributed by atoms with Crippen LogP contribution in [0.15, 0.2) is 24.3 Å². The summed E-state index contributed by atoms with van der Waals surface area (Å²) in [5, 5.41) is 3.67. The monoisotopic (exact) mass is 274 g/mol. The van der Waals surface area contributed by atoms with Gasteiger partial charge in [-0.1, -0.05) is 43.2 Å². The second-order valence-electron chi connectivity index (χ2n) is 6.42. The van der Waals surface area contributed by atoms with Crippen LogP contribution in [0.5, 0.6) is 0 Å². The highest BCUT2D eigenvalue weighted by molar-refractivity contribution is 5.25. The zero-order valence-corrected chi connectivity index (χ0v) is 13.5. The predicted molar refractivity (Wildman–Crippen MR) is 87.0 cm³/mol. The molecule has 1 aromatic rings. The van der Waals surface area contributed by atoms with E-state index in [9.17, 15) is 0 Å². The van der Waals surface area contributed by atoms with Gasteiger partial charge in [0.25, 0.3) is 0 Å². The standard InChI is InChI=1S/C18H30N2/c1-5-19-18(17-11-9-14(2)10-12-17)15(3)20(4)13-16-7-6-8-16/h9-12,15-16,18-19H,5-8,13H2,1-4H3. The van der Waals surface area contributed by atoms with Gasteiger partial charge in [0.2, 0.25) is 0 Å². The van der Waals surface area contributed by atoms with Crippen molar-refractivity contribution in [2.24, 2.45) is 5.92 Å². The molecule has 2 atom stereocenters. The lowest BCUT2D eigenvalue weighted by Crippen LogP contribution is -2.43. The Morgan fingerprint density at radius 1 is 1.25 bits per heavy atom. The second-order valence-corrected chi connectivity index (χ2v) is 6.42. The molecule has 0 aromatic heterocycles. The fourth-order valence-electron chi connectivity index (χ4n) is 3.06. The normalized spacial score (nSPS) is 18.9. The molecular formula is C18H30N2. The van der Waals surface area contributed by atoms with Crippen LogP contribution in [0.3, 0.4) is 0 Å². The minimum Gasteiger partial charge on any atom is -0.309 e. The van der Waals surface area contributed by atoms with Gasteiger partial charge in [0.15, 0.2) is 0 Å². The molecule has 2 unspecified atom stereocenters. The SMILES string of the molecule is CCNC(c1ccc(C)cc1)C(C)N(C)CC1CCC1. The molecule has 1 aliphatic carbocycles. The Morgan fingerprint density at radius 3 is 2.40 bits per heavy atom. The number of nitrogens with zero attached hydrogens (tertiary/aromatic N) is 1. The minimum absolute atomic E-state index is 0.422. The van der Waals surface area contributed by atoms with Crippen LogP contribution in [-0.4, -0.2) is 31.1 Å². The minimum atomic E-state index is 0.422. The van der Waals surface area contributed by atoms with Crippen LogP contribution in [0.2, 0.25) is 0 Å². The van der Waals surface area contributed by atoms with Crippen molar-refractivity contribution in [1.82, 2.24) is 10.2 Å². The van der Waals surface area contributed by atoms with Gasteiger partial charge in [0.05, 0.1) is 0 Å². The number of rotatable bonds is 7. The molecule has 1 aromatic carbocycles. The Morgan fingerprint density at radius 2 is 1.90 bits per heavy atom. The highest BCUT2D eigenvalue weighted by Crippen LogP contribution is 2.29. The van der Waals surface area contributed by atoms with Gasteiger partial charge in [-0.3, -0.25) is 0 Å². The van der Waals surface area contributed by atoms with E-state index in [1.165, 1.54) is 36.9 Å². The van der Waals surface area contributed by atoms with Crippen LogP contribution in [0, 0.1) is 12.8 Å². The first-order chi connectivity index (χ1) is 9.61. The summed E-state index contributed by atoms with van der Waals surface area (Å²) >= 11 is 0. The zero-order chi connectivity index (χ0) is 14.5. The molecule has 20 heavy (non-hydrogen) atoms. The smallest absolute Gasteiger partial charge is 0.0475 e. The van der Waals surface area contributed by atoms with E-state index < -0.39 is 0 Å². The molecule has 1 N–H and O–H groups in total. The van der Waals surface area contributed by atoms with E-state index >= 15 is 0 Å². The summed E-state index contributed by atoms with van der Waals surface area (Å²) in [6.45, 7) is 8.96. The van der Waals surface area contributed by atoms with Crippen molar-refractivity contribution in [3.05, 3.63) is 35.4 Å². The molecule has 0 aliphatic heterocycles. The summed E-state index contributed by atoms with van der Waals surface area (Å²) < 4.78 is 0. The van der Waals surface area contributed by atoms with Crippen molar-refractivity contribution in [3.8, 4) is 0 Å². The number of nitrogens with one attached hydrogen (secondary N) is 1. The zero-order valence-electron chi connectivity index (χ0n) is 13.5. The molecule has 112 valence electrons. The molecule has 0 heterocycles. The predicted octanol–water partition coefficient (Wildman–Crippen LogP) is 3.77. The summed E-state index contributed by atoms with van der Waals surface area (Å²) in [5.41, 5.74) is 2.74. The van der Waals surface area contributed by atoms with Crippen LogP contribution < -0.4 is 5.32 Å². The van der Waals surface area contributed by atoms with Gasteiger partial charge in [-0.05, 0) is 51.8 Å². The number of hydrogen-bond acceptors (Lipinski definition) is 2. The van der Waals surface area contributed by atoms with Crippen molar-refractivity contribution < 1.29 is 0 Å². The Balaban J connectivity index is 2.03. The maximum Gasteiger partial charge on any atom is 0.0475 e. The molecule has 0 radical (unpaired) electrons. The highest BCUT2D eigenvalue weighted by Gasteiger charge is 2.26. The van der Waals surface area contributed by atoms with E-state index in [-0.39, 0.29) is 0 Å². The summed E-state index contributed by atoms with van der Waals surface area (Å²) in [6, 6.07) is 9.94. The average Bonchev–Trinajstić information content (AvgIpc) is 2.40. The van der Waals surface area contributed by atoms with Crippen LogP contribution >= 0.6 is 0 Å². The van der Waals surface area contributed by atoms with E-state index in [4.69, 9.17) is 0 Å². The number of benzene rings is 1. The molecule has 0 saturated heterocycles. The molecule has 1 saturated carbocycles. The first kappa shape index (κ1) is 15.5. The molecule has 0 bridgehead atoms. The second kappa shape index (κ2) is 7.24. The van der Waals surface area contributed by atoms with Crippen molar-refractivity contribution in [1.29, 1.82) is 0 Å². The summed E-state index contributed by atoms with van der Waals surface area (Å²) in [4.78, 5) is 2.54. The molecule has 2 rings (SSSR count). The van der Waals surface area contributed by atoms with Gasteiger partial charge in [-0.2, -0.15) is 0 Å². The largest absolute Gasteiger partial charge is 0.309 e. The van der Waals surface area contributed by atoms with Gasteiger partial charge >= 0.3 is 0 Å². The van der Waals surface area contributed by atoms with E-state index in [2.05, 4.69) is 62.3 Å². The summed E-state index contributed by atoms with van der Waals surface area (Å²) in [6.07, 6.45) is 4.28. The third kappa shape index (κ3) is 3.83. The lowest BCUT2D eigenvalue weighted by molar-refractivity contribution is 0.145.